The van der Waals surface area contributed by atoms with Gasteiger partial charge in [0, 0.05) is 12.6 Å². The van der Waals surface area contributed by atoms with E-state index < -0.39 is 0 Å². The van der Waals surface area contributed by atoms with Gasteiger partial charge in [-0.15, -0.1) is 0 Å². The Balaban J connectivity index is 3.11. The molecular weight excluding hydrogens is 202 g/mol. The highest BCUT2D eigenvalue weighted by Crippen LogP contribution is 2.29. The van der Waals surface area contributed by atoms with Crippen LogP contribution in [0.25, 0.3) is 0 Å². The average molecular weight is 221 g/mol. The highest BCUT2D eigenvalue weighted by molar-refractivity contribution is 5.94. The second-order valence-electron chi connectivity index (χ2n) is 3.85. The molecule has 1 aromatic rings. The standard InChI is InChI=1S/C13H19NO2/c1-5-9(2)11-7-6-10(13(15)14-3)8-12(11)16-4/h6-9H,5H2,1-4H3,(H,14,15). The molecule has 3 heteroatoms. The van der Waals surface area contributed by atoms with Crippen LogP contribution in [0.3, 0.4) is 0 Å². The molecular formula is C13H19NO2. The summed E-state index contributed by atoms with van der Waals surface area (Å²) in [4.78, 5) is 11.5. The van der Waals surface area contributed by atoms with Crippen molar-refractivity contribution < 1.29 is 9.53 Å². The summed E-state index contributed by atoms with van der Waals surface area (Å²) in [6.07, 6.45) is 1.05. The summed E-state index contributed by atoms with van der Waals surface area (Å²) in [7, 11) is 3.26. The fraction of sp³-hybridized carbons (Fsp3) is 0.462. The van der Waals surface area contributed by atoms with Gasteiger partial charge in [-0.25, -0.2) is 0 Å². The van der Waals surface area contributed by atoms with Crippen LogP contribution in [0.15, 0.2) is 18.2 Å². The maximum Gasteiger partial charge on any atom is 0.251 e. The summed E-state index contributed by atoms with van der Waals surface area (Å²) in [6.45, 7) is 4.29. The number of rotatable bonds is 4. The highest BCUT2D eigenvalue weighted by Gasteiger charge is 2.12. The number of ether oxygens (including phenoxy) is 1. The van der Waals surface area contributed by atoms with Crippen LogP contribution in [0.1, 0.15) is 42.1 Å². The molecule has 0 aliphatic carbocycles. The lowest BCUT2D eigenvalue weighted by Crippen LogP contribution is -2.17. The van der Waals surface area contributed by atoms with E-state index in [2.05, 4.69) is 19.2 Å². The number of nitrogens with one attached hydrogen (secondary N) is 1. The van der Waals surface area contributed by atoms with Crippen LogP contribution in [0.4, 0.5) is 0 Å². The zero-order valence-electron chi connectivity index (χ0n) is 10.3. The molecule has 1 unspecified atom stereocenters. The first-order chi connectivity index (χ1) is 7.63. The number of carbonyl (C=O) groups is 1. The molecule has 0 bridgehead atoms. The van der Waals surface area contributed by atoms with Crippen LogP contribution >= 0.6 is 0 Å². The van der Waals surface area contributed by atoms with Crippen molar-refractivity contribution in [2.24, 2.45) is 0 Å². The maximum absolute atomic E-state index is 11.5. The van der Waals surface area contributed by atoms with Crippen molar-refractivity contribution in [3.63, 3.8) is 0 Å². The van der Waals surface area contributed by atoms with Gasteiger partial charge in [-0.2, -0.15) is 0 Å². The minimum atomic E-state index is -0.0889. The molecule has 0 radical (unpaired) electrons. The molecule has 0 heterocycles. The minimum Gasteiger partial charge on any atom is -0.496 e. The van der Waals surface area contributed by atoms with E-state index in [1.807, 2.05) is 12.1 Å². The number of amides is 1. The molecule has 1 atom stereocenters. The van der Waals surface area contributed by atoms with Gasteiger partial charge in [0.1, 0.15) is 5.75 Å². The number of hydrogen-bond donors (Lipinski definition) is 1. The first-order valence-electron chi connectivity index (χ1n) is 5.54. The van der Waals surface area contributed by atoms with Crippen molar-refractivity contribution in [3.8, 4) is 5.75 Å². The second kappa shape index (κ2) is 5.54. The van der Waals surface area contributed by atoms with Gasteiger partial charge >= 0.3 is 0 Å². The summed E-state index contributed by atoms with van der Waals surface area (Å²) in [5, 5.41) is 2.60. The van der Waals surface area contributed by atoms with E-state index >= 15 is 0 Å². The van der Waals surface area contributed by atoms with Crippen molar-refractivity contribution in [2.45, 2.75) is 26.2 Å². The Kier molecular flexibility index (Phi) is 4.35. The van der Waals surface area contributed by atoms with E-state index in [0.717, 1.165) is 17.7 Å². The lowest BCUT2D eigenvalue weighted by atomic mass is 9.96. The number of benzene rings is 1. The van der Waals surface area contributed by atoms with Crippen molar-refractivity contribution in [1.82, 2.24) is 5.32 Å². The molecule has 1 rings (SSSR count). The SMILES string of the molecule is CCC(C)c1ccc(C(=O)NC)cc1OC. The van der Waals surface area contributed by atoms with Crippen molar-refractivity contribution in [1.29, 1.82) is 0 Å². The largest absolute Gasteiger partial charge is 0.496 e. The van der Waals surface area contributed by atoms with Gasteiger partial charge in [-0.1, -0.05) is 19.9 Å². The molecule has 0 spiro atoms. The molecule has 0 saturated heterocycles. The van der Waals surface area contributed by atoms with Gasteiger partial charge < -0.3 is 10.1 Å². The summed E-state index contributed by atoms with van der Waals surface area (Å²) in [5.74, 6) is 1.14. The van der Waals surface area contributed by atoms with Crippen LogP contribution in [0.5, 0.6) is 5.75 Å². The molecule has 0 fully saturated rings. The van der Waals surface area contributed by atoms with Crippen molar-refractivity contribution in [2.75, 3.05) is 14.2 Å². The molecule has 16 heavy (non-hydrogen) atoms. The average Bonchev–Trinajstić information content (AvgIpc) is 2.35. The van der Waals surface area contributed by atoms with Crippen LogP contribution in [-0.4, -0.2) is 20.1 Å². The van der Waals surface area contributed by atoms with E-state index in [1.54, 1.807) is 20.2 Å². The predicted molar refractivity (Wildman–Crippen MR) is 65.1 cm³/mol. The second-order valence-corrected chi connectivity index (χ2v) is 3.85. The van der Waals surface area contributed by atoms with Gasteiger partial charge in [0.25, 0.3) is 5.91 Å². The summed E-state index contributed by atoms with van der Waals surface area (Å²) in [6, 6.07) is 5.60. The fourth-order valence-corrected chi connectivity index (χ4v) is 1.62. The van der Waals surface area contributed by atoms with Crippen LogP contribution in [-0.2, 0) is 0 Å². The van der Waals surface area contributed by atoms with Gasteiger partial charge in [0.2, 0.25) is 0 Å². The summed E-state index contributed by atoms with van der Waals surface area (Å²) < 4.78 is 5.32. The van der Waals surface area contributed by atoms with Crippen LogP contribution < -0.4 is 10.1 Å². The topological polar surface area (TPSA) is 38.3 Å². The van der Waals surface area contributed by atoms with Gasteiger partial charge in [-0.05, 0) is 30.0 Å². The molecule has 0 aromatic heterocycles. The van der Waals surface area contributed by atoms with Gasteiger partial charge in [-0.3, -0.25) is 4.79 Å². The third kappa shape index (κ3) is 2.54. The van der Waals surface area contributed by atoms with Gasteiger partial charge in [0.05, 0.1) is 7.11 Å². The minimum absolute atomic E-state index is 0.0889. The van der Waals surface area contributed by atoms with Crippen LogP contribution in [0, 0.1) is 0 Å². The summed E-state index contributed by atoms with van der Waals surface area (Å²) in [5.41, 5.74) is 1.78. The highest BCUT2D eigenvalue weighted by atomic mass is 16.5. The fourth-order valence-electron chi connectivity index (χ4n) is 1.62. The normalized spacial score (nSPS) is 12.0. The van der Waals surface area contributed by atoms with E-state index in [-0.39, 0.29) is 5.91 Å². The molecule has 3 nitrogen and oxygen atoms in total. The molecule has 0 aliphatic rings. The van der Waals surface area contributed by atoms with E-state index in [0.29, 0.717) is 11.5 Å². The Hall–Kier alpha value is -1.51. The van der Waals surface area contributed by atoms with E-state index in [1.165, 1.54) is 0 Å². The summed E-state index contributed by atoms with van der Waals surface area (Å²) >= 11 is 0. The van der Waals surface area contributed by atoms with Crippen LogP contribution in [0.2, 0.25) is 0 Å². The smallest absolute Gasteiger partial charge is 0.251 e. The quantitative estimate of drug-likeness (QED) is 0.848. The molecule has 0 saturated carbocycles. The lowest BCUT2D eigenvalue weighted by Gasteiger charge is -2.14. The third-order valence-corrected chi connectivity index (χ3v) is 2.87. The Bertz CT molecular complexity index is 374. The first-order valence-corrected chi connectivity index (χ1v) is 5.54. The number of carbonyl (C=O) groups excluding carboxylic acids is 1. The molecule has 1 N–H and O–H groups in total. The van der Waals surface area contributed by atoms with Crippen molar-refractivity contribution >= 4 is 5.91 Å². The Labute approximate surface area is 96.8 Å². The van der Waals surface area contributed by atoms with E-state index in [4.69, 9.17) is 4.74 Å². The zero-order valence-corrected chi connectivity index (χ0v) is 10.3. The van der Waals surface area contributed by atoms with Gasteiger partial charge in [0.15, 0.2) is 0 Å². The Morgan fingerprint density at radius 1 is 1.50 bits per heavy atom. The first kappa shape index (κ1) is 12.6. The Morgan fingerprint density at radius 2 is 2.19 bits per heavy atom. The molecule has 88 valence electrons. The monoisotopic (exact) mass is 221 g/mol. The predicted octanol–water partition coefficient (Wildman–Crippen LogP) is 2.57. The molecule has 1 amide bonds. The Morgan fingerprint density at radius 3 is 2.69 bits per heavy atom. The van der Waals surface area contributed by atoms with Crippen molar-refractivity contribution in [3.05, 3.63) is 29.3 Å². The number of methoxy groups -OCH3 is 1. The van der Waals surface area contributed by atoms with E-state index in [9.17, 15) is 4.79 Å². The third-order valence-electron chi connectivity index (χ3n) is 2.87. The zero-order chi connectivity index (χ0) is 12.1. The molecule has 1 aromatic carbocycles. The maximum atomic E-state index is 11.5. The molecule has 0 aliphatic heterocycles. The lowest BCUT2D eigenvalue weighted by molar-refractivity contribution is 0.0962. The number of hydrogen-bond acceptors (Lipinski definition) is 2.